The summed E-state index contributed by atoms with van der Waals surface area (Å²) in [6, 6.07) is 27.7. The Labute approximate surface area is 495 Å². The molecule has 4 N–H and O–H groups in total. The summed E-state index contributed by atoms with van der Waals surface area (Å²) in [6.45, 7) is 24.4. The van der Waals surface area contributed by atoms with Gasteiger partial charge < -0.3 is 44.6 Å². The zero-order chi connectivity index (χ0) is 58.3. The van der Waals surface area contributed by atoms with Crippen molar-refractivity contribution in [1.82, 2.24) is 40.0 Å². The Morgan fingerprint density at radius 2 is 0.976 bits per heavy atom. The predicted molar refractivity (Wildman–Crippen MR) is 324 cm³/mol. The Bertz CT molecular complexity index is 3360. The second-order valence-electron chi connectivity index (χ2n) is 23.7. The molecule has 440 valence electrons. The van der Waals surface area contributed by atoms with Crippen LogP contribution in [0.1, 0.15) is 174 Å². The molecule has 6 aromatic rings. The van der Waals surface area contributed by atoms with E-state index in [0.29, 0.717) is 80.9 Å². The molecular formula is C65H81ClN10O7. The van der Waals surface area contributed by atoms with E-state index in [4.69, 9.17) is 25.0 Å². The smallest absolute Gasteiger partial charge is 0.410 e. The first kappa shape index (κ1) is 64.2. The molecule has 0 atom stereocenters. The Hall–Kier alpha value is -7.99. The van der Waals surface area contributed by atoms with E-state index in [1.165, 1.54) is 24.0 Å². The first-order chi connectivity index (χ1) is 38.5. The van der Waals surface area contributed by atoms with Gasteiger partial charge in [-0.3, -0.25) is 4.79 Å². The Morgan fingerprint density at radius 1 is 0.578 bits per heavy atom. The van der Waals surface area contributed by atoms with Crippen LogP contribution in [-0.4, -0.2) is 114 Å². The molecule has 0 spiro atoms. The molecule has 3 amide bonds. The van der Waals surface area contributed by atoms with Gasteiger partial charge in [-0.15, -0.1) is 12.4 Å². The highest BCUT2D eigenvalue weighted by Gasteiger charge is 2.31. The number of aryl methyl sites for hydroxylation is 4. The minimum Gasteiger partial charge on any atom is -0.478 e. The number of nitrogens with zero attached hydrogens (tertiary/aromatic N) is 7. The molecule has 4 aliphatic rings. The first-order valence-electron chi connectivity index (χ1n) is 28.1. The van der Waals surface area contributed by atoms with E-state index >= 15 is 0 Å². The van der Waals surface area contributed by atoms with Gasteiger partial charge in [-0.25, -0.2) is 24.4 Å². The molecule has 2 saturated heterocycles. The second-order valence-corrected chi connectivity index (χ2v) is 23.7. The Morgan fingerprint density at radius 3 is 1.37 bits per heavy atom. The van der Waals surface area contributed by atoms with Crippen molar-refractivity contribution in [1.29, 1.82) is 10.5 Å². The van der Waals surface area contributed by atoms with Crippen molar-refractivity contribution in [2.75, 3.05) is 39.3 Å². The Kier molecular flexibility index (Phi) is 21.2. The molecule has 18 heteroatoms. The van der Waals surface area contributed by atoms with Gasteiger partial charge in [-0.1, -0.05) is 43.8 Å². The molecule has 0 saturated carbocycles. The number of nitrogens with one attached hydrogen (secondary N) is 3. The fourth-order valence-corrected chi connectivity index (χ4v) is 10.9. The number of aromatic carboxylic acids is 1. The van der Waals surface area contributed by atoms with Gasteiger partial charge in [0.05, 0.1) is 64.7 Å². The lowest BCUT2D eigenvalue weighted by Crippen LogP contribution is -2.39. The number of benzene rings is 4. The summed E-state index contributed by atoms with van der Waals surface area (Å²) in [5, 5.41) is 30.5. The SMILES string of the molecule is C.Cc1cc(C)c(-c2nc3c([nH]2)CN(C(=O)OC(C)(C)C)CC3)cc1C(=O)N1CCC(c2ccc(C#N)cc2)CC1.Cc1cc(C)c(-c2nc3c([nH]2)CN(C(=O)OC(C)(C)C)CC3)cc1C(=O)O.Cl.N#Cc1ccc(C2CCNCC2)cc1. The van der Waals surface area contributed by atoms with Gasteiger partial charge in [0.1, 0.15) is 22.9 Å². The van der Waals surface area contributed by atoms with Gasteiger partial charge in [-0.05, 0) is 190 Å². The predicted octanol–water partition coefficient (Wildman–Crippen LogP) is 12.6. The number of imidazole rings is 2. The van der Waals surface area contributed by atoms with E-state index in [-0.39, 0.29) is 43.5 Å². The average molecular weight is 1150 g/mol. The molecule has 4 aromatic carbocycles. The second kappa shape index (κ2) is 27.4. The van der Waals surface area contributed by atoms with Crippen molar-refractivity contribution in [3.8, 4) is 34.9 Å². The molecule has 2 fully saturated rings. The maximum atomic E-state index is 13.7. The normalized spacial score (nSPS) is 15.2. The molecule has 10 rings (SSSR count). The van der Waals surface area contributed by atoms with Crippen LogP contribution in [0.2, 0.25) is 0 Å². The summed E-state index contributed by atoms with van der Waals surface area (Å²) in [5.41, 5.74) is 12.9. The third-order valence-electron chi connectivity index (χ3n) is 15.2. The number of halogens is 1. The Balaban J connectivity index is 0.000000221. The van der Waals surface area contributed by atoms with E-state index in [9.17, 15) is 24.3 Å². The number of carboxylic acid groups (broad SMARTS) is 1. The fraction of sp³-hybridized carbons (Fsp3) is 0.446. The minimum absolute atomic E-state index is 0. The number of fused-ring (bicyclic) bond motifs is 2. The van der Waals surface area contributed by atoms with Crippen LogP contribution in [0.5, 0.6) is 0 Å². The zero-order valence-corrected chi connectivity index (χ0v) is 49.7. The molecule has 0 unspecified atom stereocenters. The van der Waals surface area contributed by atoms with Crippen LogP contribution in [0.4, 0.5) is 9.59 Å². The lowest BCUT2D eigenvalue weighted by molar-refractivity contribution is 0.0211. The van der Waals surface area contributed by atoms with Crippen molar-refractivity contribution in [2.45, 2.75) is 151 Å². The van der Waals surface area contributed by atoms with Crippen LogP contribution in [-0.2, 0) is 35.4 Å². The van der Waals surface area contributed by atoms with Gasteiger partial charge in [0, 0.05) is 55.7 Å². The van der Waals surface area contributed by atoms with Crippen molar-refractivity contribution >= 4 is 36.5 Å². The molecule has 83 heavy (non-hydrogen) atoms. The van der Waals surface area contributed by atoms with E-state index in [1.54, 1.807) is 22.8 Å². The number of carboxylic acids is 1. The minimum atomic E-state index is -0.957. The number of nitriles is 2. The van der Waals surface area contributed by atoms with Crippen LogP contribution in [0, 0.1) is 50.4 Å². The van der Waals surface area contributed by atoms with Crippen LogP contribution >= 0.6 is 12.4 Å². The van der Waals surface area contributed by atoms with Gasteiger partial charge >= 0.3 is 18.2 Å². The third-order valence-corrected chi connectivity index (χ3v) is 15.2. The molecule has 17 nitrogen and oxygen atoms in total. The average Bonchev–Trinajstić information content (AvgIpc) is 3.17. The molecule has 6 heterocycles. The number of rotatable bonds is 6. The number of hydrogen-bond donors (Lipinski definition) is 4. The number of amides is 3. The first-order valence-corrected chi connectivity index (χ1v) is 28.1. The molecule has 0 bridgehead atoms. The number of ether oxygens (including phenoxy) is 2. The summed E-state index contributed by atoms with van der Waals surface area (Å²) >= 11 is 0. The van der Waals surface area contributed by atoms with E-state index < -0.39 is 17.2 Å². The van der Waals surface area contributed by atoms with Crippen molar-refractivity contribution in [2.24, 2.45) is 0 Å². The lowest BCUT2D eigenvalue weighted by Gasteiger charge is -2.32. The van der Waals surface area contributed by atoms with Crippen LogP contribution in [0.25, 0.3) is 22.8 Å². The standard InChI is InChI=1S/C32H37N5O3.C20H25N3O4.C12H14N2.CH4.ClH/c1-20-16-21(2)26(30(38)36-13-10-24(11-14-36)23-8-6-22(18-33)7-9-23)17-25(20)29-34-27-12-15-37(19-28(27)35-29)31(39)40-32(3,4)5;1-11-8-12(2)14(18(24)25)9-13(11)17-21-15-6-7-23(10-16(15)22-17)19(26)27-20(3,4)5;13-9-10-1-3-11(4-2-10)12-5-7-14-8-6-12;;/h6-9,16-17,24H,10-15,19H2,1-5H3,(H,34,35);8-9H,6-7,10H2,1-5H3,(H,21,22)(H,24,25);1-4,12,14H,5-8H2;1H4;1H. The van der Waals surface area contributed by atoms with Crippen molar-refractivity contribution in [3.05, 3.63) is 151 Å². The number of H-pyrrole nitrogens is 2. The highest BCUT2D eigenvalue weighted by molar-refractivity contribution is 5.97. The van der Waals surface area contributed by atoms with Gasteiger partial charge in [0.25, 0.3) is 5.91 Å². The van der Waals surface area contributed by atoms with Crippen LogP contribution in [0.3, 0.4) is 0 Å². The van der Waals surface area contributed by atoms with E-state index in [2.05, 4.69) is 50.6 Å². The van der Waals surface area contributed by atoms with Gasteiger partial charge in [0.2, 0.25) is 0 Å². The topological polar surface area (TPSA) is 234 Å². The summed E-state index contributed by atoms with van der Waals surface area (Å²) in [5.74, 6) is 1.52. The van der Waals surface area contributed by atoms with Crippen LogP contribution in [0.15, 0.2) is 72.8 Å². The molecule has 0 aliphatic carbocycles. The van der Waals surface area contributed by atoms with E-state index in [0.717, 1.165) is 93.5 Å². The number of carbonyl (C=O) groups excluding carboxylic acids is 3. The molecule has 0 radical (unpaired) electrons. The largest absolute Gasteiger partial charge is 0.478 e. The summed E-state index contributed by atoms with van der Waals surface area (Å²) in [6.07, 6.45) is 4.83. The highest BCUT2D eigenvalue weighted by Crippen LogP contribution is 2.33. The highest BCUT2D eigenvalue weighted by atomic mass is 35.5. The summed E-state index contributed by atoms with van der Waals surface area (Å²) < 4.78 is 11.0. The number of aromatic nitrogens is 4. The number of hydrogen-bond acceptors (Lipinski definition) is 11. The van der Waals surface area contributed by atoms with Crippen molar-refractivity contribution in [3.63, 3.8) is 0 Å². The third kappa shape index (κ3) is 16.2. The quantitative estimate of drug-likeness (QED) is 0.122. The van der Waals surface area contributed by atoms with Crippen LogP contribution < -0.4 is 5.32 Å². The summed E-state index contributed by atoms with van der Waals surface area (Å²) in [4.78, 5) is 71.6. The number of piperidine rings is 2. The fourth-order valence-electron chi connectivity index (χ4n) is 10.9. The van der Waals surface area contributed by atoms with Gasteiger partial charge in [-0.2, -0.15) is 10.5 Å². The van der Waals surface area contributed by atoms with Crippen molar-refractivity contribution < 1.29 is 33.8 Å². The zero-order valence-electron chi connectivity index (χ0n) is 48.9. The number of carbonyl (C=O) groups is 4. The maximum absolute atomic E-state index is 13.7. The summed E-state index contributed by atoms with van der Waals surface area (Å²) in [7, 11) is 0. The monoisotopic (exact) mass is 1150 g/mol. The maximum Gasteiger partial charge on any atom is 0.410 e. The molecule has 4 aliphatic heterocycles. The molecular weight excluding hydrogens is 1070 g/mol. The lowest BCUT2D eigenvalue weighted by atomic mass is 9.88. The molecule has 2 aromatic heterocycles. The van der Waals surface area contributed by atoms with Gasteiger partial charge in [0.15, 0.2) is 0 Å². The van der Waals surface area contributed by atoms with E-state index in [1.807, 2.05) is 116 Å². The number of aromatic amines is 2. The number of likely N-dealkylation sites (tertiary alicyclic amines) is 1.